The van der Waals surface area contributed by atoms with Crippen molar-refractivity contribution >= 4 is 21.8 Å². The zero-order chi connectivity index (χ0) is 21.4. The van der Waals surface area contributed by atoms with Crippen LogP contribution in [0.25, 0.3) is 16.0 Å². The SMILES string of the molecule is N#Cc1ccc(-c2cccc3c2CC[C@H]3Oc2ccc(C3=CC(=O)NS3=O)cc2)cc1. The molecule has 31 heavy (non-hydrogen) atoms. The Kier molecular flexibility index (Phi) is 4.89. The minimum atomic E-state index is -1.50. The van der Waals surface area contributed by atoms with Gasteiger partial charge in [-0.15, -0.1) is 0 Å². The summed E-state index contributed by atoms with van der Waals surface area (Å²) in [5.74, 6) is 0.392. The summed E-state index contributed by atoms with van der Waals surface area (Å²) in [4.78, 5) is 11.9. The number of fused-ring (bicyclic) bond motifs is 1. The van der Waals surface area contributed by atoms with Gasteiger partial charge in [-0.25, -0.2) is 4.21 Å². The van der Waals surface area contributed by atoms with Crippen LogP contribution in [-0.2, 0) is 22.2 Å². The van der Waals surface area contributed by atoms with E-state index in [9.17, 15) is 9.00 Å². The number of hydrogen-bond acceptors (Lipinski definition) is 4. The van der Waals surface area contributed by atoms with Crippen LogP contribution in [0, 0.1) is 11.3 Å². The first-order valence-corrected chi connectivity index (χ1v) is 11.1. The van der Waals surface area contributed by atoms with E-state index in [0.29, 0.717) is 10.5 Å². The fourth-order valence-electron chi connectivity index (χ4n) is 4.13. The van der Waals surface area contributed by atoms with Gasteiger partial charge >= 0.3 is 0 Å². The van der Waals surface area contributed by atoms with Gasteiger partial charge in [0, 0.05) is 6.08 Å². The number of rotatable bonds is 4. The lowest BCUT2D eigenvalue weighted by Crippen LogP contribution is -2.16. The summed E-state index contributed by atoms with van der Waals surface area (Å²) >= 11 is 0. The predicted octanol–water partition coefficient (Wildman–Crippen LogP) is 4.43. The van der Waals surface area contributed by atoms with Gasteiger partial charge in [-0.2, -0.15) is 5.26 Å². The fourth-order valence-corrected chi connectivity index (χ4v) is 5.05. The van der Waals surface area contributed by atoms with Gasteiger partial charge in [-0.05, 0) is 64.9 Å². The summed E-state index contributed by atoms with van der Waals surface area (Å²) in [7, 11) is -1.50. The lowest BCUT2D eigenvalue weighted by Gasteiger charge is -2.16. The van der Waals surface area contributed by atoms with Gasteiger partial charge in [0.05, 0.1) is 16.5 Å². The van der Waals surface area contributed by atoms with Gasteiger partial charge in [0.2, 0.25) is 0 Å². The molecule has 1 aliphatic carbocycles. The van der Waals surface area contributed by atoms with E-state index in [-0.39, 0.29) is 12.0 Å². The van der Waals surface area contributed by atoms with Crippen molar-refractivity contribution in [3.8, 4) is 22.9 Å². The maximum atomic E-state index is 11.9. The number of hydrogen-bond donors (Lipinski definition) is 1. The lowest BCUT2D eigenvalue weighted by atomic mass is 9.96. The highest BCUT2D eigenvalue weighted by molar-refractivity contribution is 7.93. The van der Waals surface area contributed by atoms with Gasteiger partial charge in [-0.3, -0.25) is 9.52 Å². The highest BCUT2D eigenvalue weighted by atomic mass is 32.2. The highest BCUT2D eigenvalue weighted by Gasteiger charge is 2.27. The lowest BCUT2D eigenvalue weighted by molar-refractivity contribution is -0.114. The van der Waals surface area contributed by atoms with E-state index in [1.165, 1.54) is 22.8 Å². The molecule has 152 valence electrons. The Hall–Kier alpha value is -3.69. The number of carbonyl (C=O) groups excluding carboxylic acids is 1. The molecule has 1 N–H and O–H groups in total. The minimum absolute atomic E-state index is 0.0396. The van der Waals surface area contributed by atoms with E-state index in [0.717, 1.165) is 29.7 Å². The molecule has 6 heteroatoms. The molecule has 3 aromatic rings. The molecule has 0 radical (unpaired) electrons. The molecule has 5 nitrogen and oxygen atoms in total. The maximum Gasteiger partial charge on any atom is 0.257 e. The van der Waals surface area contributed by atoms with Crippen LogP contribution in [0.2, 0.25) is 0 Å². The Labute approximate surface area is 182 Å². The molecule has 1 unspecified atom stereocenters. The largest absolute Gasteiger partial charge is 0.486 e. The van der Waals surface area contributed by atoms with Crippen LogP contribution in [-0.4, -0.2) is 10.1 Å². The second-order valence-electron chi connectivity index (χ2n) is 7.48. The van der Waals surface area contributed by atoms with E-state index in [1.807, 2.05) is 54.6 Å². The van der Waals surface area contributed by atoms with Crippen molar-refractivity contribution in [1.82, 2.24) is 4.72 Å². The van der Waals surface area contributed by atoms with Crippen LogP contribution in [0.3, 0.4) is 0 Å². The quantitative estimate of drug-likeness (QED) is 0.670. The molecule has 1 aliphatic heterocycles. The second kappa shape index (κ2) is 7.86. The van der Waals surface area contributed by atoms with Crippen LogP contribution in [0.1, 0.15) is 34.8 Å². The molecule has 3 aromatic carbocycles. The number of ether oxygens (including phenoxy) is 1. The monoisotopic (exact) mass is 426 g/mol. The Balaban J connectivity index is 1.37. The first-order chi connectivity index (χ1) is 15.1. The molecule has 0 bridgehead atoms. The van der Waals surface area contributed by atoms with E-state index in [1.54, 1.807) is 0 Å². The third kappa shape index (κ3) is 3.65. The van der Waals surface area contributed by atoms with Crippen molar-refractivity contribution in [1.29, 1.82) is 5.26 Å². The van der Waals surface area contributed by atoms with Crippen molar-refractivity contribution in [2.24, 2.45) is 0 Å². The molecule has 0 saturated carbocycles. The van der Waals surface area contributed by atoms with Crippen LogP contribution in [0.4, 0.5) is 0 Å². The van der Waals surface area contributed by atoms with Gasteiger partial charge in [0.25, 0.3) is 5.91 Å². The molecule has 5 rings (SSSR count). The molecule has 1 amide bonds. The number of carbonyl (C=O) groups is 1. The van der Waals surface area contributed by atoms with Crippen LogP contribution in [0.5, 0.6) is 5.75 Å². The van der Waals surface area contributed by atoms with E-state index < -0.39 is 11.0 Å². The standard InChI is InChI=1S/C25H18N2O3S/c26-15-16-4-6-17(7-5-16)20-2-1-3-22-21(20)12-13-23(22)30-19-10-8-18(9-11-19)24-14-25(28)27-31(24)29/h1-11,14,23H,12-13H2,(H,27,28)/t23-,31?/m1/s1. The molecule has 2 aliphatic rings. The molecule has 0 saturated heterocycles. The van der Waals surface area contributed by atoms with Crippen molar-refractivity contribution < 1.29 is 13.7 Å². The third-order valence-electron chi connectivity index (χ3n) is 5.61. The summed E-state index contributed by atoms with van der Waals surface area (Å²) < 4.78 is 20.6. The molecule has 2 atom stereocenters. The zero-order valence-corrected chi connectivity index (χ0v) is 17.3. The van der Waals surface area contributed by atoms with Gasteiger partial charge in [0.15, 0.2) is 11.0 Å². The smallest absolute Gasteiger partial charge is 0.257 e. The fraction of sp³-hybridized carbons (Fsp3) is 0.120. The average Bonchev–Trinajstić information content (AvgIpc) is 3.36. The van der Waals surface area contributed by atoms with E-state index >= 15 is 0 Å². The Bertz CT molecular complexity index is 1270. The topological polar surface area (TPSA) is 79.2 Å². The molecule has 0 spiro atoms. The molecular weight excluding hydrogens is 408 g/mol. The van der Waals surface area contributed by atoms with Crippen molar-refractivity contribution in [3.05, 3.63) is 95.1 Å². The van der Waals surface area contributed by atoms with E-state index in [4.69, 9.17) is 10.00 Å². The Morgan fingerprint density at radius 2 is 1.74 bits per heavy atom. The summed E-state index contributed by atoms with van der Waals surface area (Å²) in [6, 6.07) is 23.4. The zero-order valence-electron chi connectivity index (χ0n) is 16.5. The summed E-state index contributed by atoms with van der Waals surface area (Å²) in [6.45, 7) is 0. The molecule has 0 fully saturated rings. The van der Waals surface area contributed by atoms with Crippen molar-refractivity contribution in [2.75, 3.05) is 0 Å². The first-order valence-electron chi connectivity index (χ1n) is 9.96. The van der Waals surface area contributed by atoms with Crippen LogP contribution in [0.15, 0.2) is 72.8 Å². The first kappa shape index (κ1) is 19.3. The Morgan fingerprint density at radius 1 is 1.00 bits per heavy atom. The molecule has 1 heterocycles. The Morgan fingerprint density at radius 3 is 2.42 bits per heavy atom. The van der Waals surface area contributed by atoms with Crippen LogP contribution < -0.4 is 9.46 Å². The minimum Gasteiger partial charge on any atom is -0.486 e. The number of nitrogens with zero attached hydrogens (tertiary/aromatic N) is 1. The maximum absolute atomic E-state index is 11.9. The molecular formula is C25H18N2O3S. The number of benzene rings is 3. The summed E-state index contributed by atoms with van der Waals surface area (Å²) in [5, 5.41) is 9.03. The van der Waals surface area contributed by atoms with Gasteiger partial charge in [0.1, 0.15) is 11.9 Å². The van der Waals surface area contributed by atoms with Crippen molar-refractivity contribution in [3.63, 3.8) is 0 Å². The number of nitrogens with one attached hydrogen (secondary N) is 1. The molecule has 0 aromatic heterocycles. The summed E-state index contributed by atoms with van der Waals surface area (Å²) in [5.41, 5.74) is 6.13. The number of nitriles is 1. The van der Waals surface area contributed by atoms with Gasteiger partial charge in [-0.1, -0.05) is 42.5 Å². The third-order valence-corrected chi connectivity index (χ3v) is 6.75. The number of amides is 1. The van der Waals surface area contributed by atoms with Gasteiger partial charge < -0.3 is 4.74 Å². The average molecular weight is 426 g/mol. The van der Waals surface area contributed by atoms with Crippen LogP contribution >= 0.6 is 0 Å². The normalized spacial score (nSPS) is 19.3. The van der Waals surface area contributed by atoms with Crippen molar-refractivity contribution in [2.45, 2.75) is 18.9 Å². The predicted molar refractivity (Wildman–Crippen MR) is 119 cm³/mol. The highest BCUT2D eigenvalue weighted by Crippen LogP contribution is 2.40. The second-order valence-corrected chi connectivity index (χ2v) is 8.66. The van der Waals surface area contributed by atoms with E-state index in [2.05, 4.69) is 22.9 Å². The summed E-state index contributed by atoms with van der Waals surface area (Å²) in [6.07, 6.45) is 3.14.